The van der Waals surface area contributed by atoms with Gasteiger partial charge in [0.2, 0.25) is 0 Å². The lowest BCUT2D eigenvalue weighted by molar-refractivity contribution is 0.226. The van der Waals surface area contributed by atoms with Gasteiger partial charge in [0.05, 0.1) is 11.6 Å². The fraction of sp³-hybridized carbons (Fsp3) is 0.562. The molecule has 1 aliphatic carbocycles. The molecule has 1 fully saturated rings. The third-order valence-corrected chi connectivity index (χ3v) is 3.92. The van der Waals surface area contributed by atoms with Crippen LogP contribution in [-0.2, 0) is 6.54 Å². The average Bonchev–Trinajstić information content (AvgIpc) is 2.42. The summed E-state index contributed by atoms with van der Waals surface area (Å²) in [6.07, 6.45) is 6.65. The molecule has 2 rings (SSSR count). The van der Waals surface area contributed by atoms with Crippen LogP contribution in [0.25, 0.3) is 0 Å². The SMILES string of the molecule is CN(Cc1ccc(C#N)cc1F)CC1CCCCC1. The minimum absolute atomic E-state index is 0.269. The molecule has 1 aromatic rings. The minimum Gasteiger partial charge on any atom is -0.302 e. The summed E-state index contributed by atoms with van der Waals surface area (Å²) in [5.41, 5.74) is 1.06. The molecule has 0 N–H and O–H groups in total. The third kappa shape index (κ3) is 4.04. The van der Waals surface area contributed by atoms with E-state index in [1.807, 2.05) is 13.1 Å². The maximum Gasteiger partial charge on any atom is 0.129 e. The molecular weight excluding hydrogens is 239 g/mol. The van der Waals surface area contributed by atoms with E-state index < -0.39 is 0 Å². The van der Waals surface area contributed by atoms with Crippen molar-refractivity contribution in [1.29, 1.82) is 5.26 Å². The number of halogens is 1. The number of nitriles is 1. The van der Waals surface area contributed by atoms with E-state index in [9.17, 15) is 4.39 Å². The van der Waals surface area contributed by atoms with Gasteiger partial charge < -0.3 is 4.90 Å². The Hall–Kier alpha value is -1.40. The Morgan fingerprint density at radius 1 is 1.32 bits per heavy atom. The summed E-state index contributed by atoms with van der Waals surface area (Å²) in [5.74, 6) is 0.495. The van der Waals surface area contributed by atoms with Crippen molar-refractivity contribution in [2.45, 2.75) is 38.6 Å². The molecule has 0 amide bonds. The Morgan fingerprint density at radius 3 is 2.68 bits per heavy atom. The predicted molar refractivity (Wildman–Crippen MR) is 74.0 cm³/mol. The van der Waals surface area contributed by atoms with Crippen molar-refractivity contribution in [2.24, 2.45) is 5.92 Å². The molecule has 0 radical (unpaired) electrons. The molecule has 0 unspecified atom stereocenters. The predicted octanol–water partition coefficient (Wildman–Crippen LogP) is 3.71. The van der Waals surface area contributed by atoms with Crippen LogP contribution in [-0.4, -0.2) is 18.5 Å². The Balaban J connectivity index is 1.91. The van der Waals surface area contributed by atoms with Crippen LogP contribution in [0.15, 0.2) is 18.2 Å². The quantitative estimate of drug-likeness (QED) is 0.825. The topological polar surface area (TPSA) is 27.0 Å². The van der Waals surface area contributed by atoms with Crippen LogP contribution >= 0.6 is 0 Å². The molecule has 3 heteroatoms. The van der Waals surface area contributed by atoms with Gasteiger partial charge >= 0.3 is 0 Å². The van der Waals surface area contributed by atoms with Crippen molar-refractivity contribution >= 4 is 0 Å². The highest BCUT2D eigenvalue weighted by Crippen LogP contribution is 2.24. The zero-order valence-corrected chi connectivity index (χ0v) is 11.5. The number of nitrogens with zero attached hydrogens (tertiary/aromatic N) is 2. The zero-order chi connectivity index (χ0) is 13.7. The van der Waals surface area contributed by atoms with Crippen molar-refractivity contribution in [3.8, 4) is 6.07 Å². The van der Waals surface area contributed by atoms with E-state index in [4.69, 9.17) is 5.26 Å². The second-order valence-electron chi connectivity index (χ2n) is 5.62. The highest BCUT2D eigenvalue weighted by molar-refractivity contribution is 5.32. The second kappa shape index (κ2) is 6.68. The van der Waals surface area contributed by atoms with Gasteiger partial charge in [0.25, 0.3) is 0 Å². The van der Waals surface area contributed by atoms with Crippen molar-refractivity contribution in [2.75, 3.05) is 13.6 Å². The van der Waals surface area contributed by atoms with Gasteiger partial charge in [-0.1, -0.05) is 25.3 Å². The Morgan fingerprint density at radius 2 is 2.05 bits per heavy atom. The molecule has 0 bridgehead atoms. The Kier molecular flexibility index (Phi) is 4.93. The van der Waals surface area contributed by atoms with Crippen LogP contribution in [0.3, 0.4) is 0 Å². The summed E-state index contributed by atoms with van der Waals surface area (Å²) >= 11 is 0. The Labute approximate surface area is 114 Å². The molecule has 19 heavy (non-hydrogen) atoms. The smallest absolute Gasteiger partial charge is 0.129 e. The molecule has 1 aromatic carbocycles. The molecule has 0 aliphatic heterocycles. The molecule has 0 aromatic heterocycles. The van der Waals surface area contributed by atoms with E-state index >= 15 is 0 Å². The molecule has 1 aliphatic rings. The monoisotopic (exact) mass is 260 g/mol. The molecule has 0 spiro atoms. The van der Waals surface area contributed by atoms with E-state index in [1.54, 1.807) is 12.1 Å². The van der Waals surface area contributed by atoms with Gasteiger partial charge in [-0.15, -0.1) is 0 Å². The van der Waals surface area contributed by atoms with Crippen molar-refractivity contribution < 1.29 is 4.39 Å². The van der Waals surface area contributed by atoms with Crippen LogP contribution in [0, 0.1) is 23.1 Å². The molecular formula is C16H21FN2. The van der Waals surface area contributed by atoms with Gasteiger partial charge in [0.15, 0.2) is 0 Å². The van der Waals surface area contributed by atoms with Crippen LogP contribution < -0.4 is 0 Å². The summed E-state index contributed by atoms with van der Waals surface area (Å²) in [4.78, 5) is 2.19. The standard InChI is InChI=1S/C16H21FN2/c1-19(11-13-5-3-2-4-6-13)12-15-8-7-14(10-18)9-16(15)17/h7-9,13H,2-6,11-12H2,1H3. The summed E-state index contributed by atoms with van der Waals surface area (Å²) in [6, 6.07) is 6.70. The zero-order valence-electron chi connectivity index (χ0n) is 11.5. The fourth-order valence-electron chi connectivity index (χ4n) is 2.91. The largest absolute Gasteiger partial charge is 0.302 e. The van der Waals surface area contributed by atoms with Crippen LogP contribution in [0.1, 0.15) is 43.2 Å². The summed E-state index contributed by atoms with van der Waals surface area (Å²) < 4.78 is 13.8. The first kappa shape index (κ1) is 14.0. The normalized spacial score (nSPS) is 16.5. The van der Waals surface area contributed by atoms with E-state index in [-0.39, 0.29) is 5.82 Å². The highest BCUT2D eigenvalue weighted by atomic mass is 19.1. The number of benzene rings is 1. The van der Waals surface area contributed by atoms with Gasteiger partial charge in [-0.05, 0) is 37.9 Å². The maximum atomic E-state index is 13.8. The summed E-state index contributed by atoms with van der Waals surface area (Å²) in [5, 5.41) is 8.72. The van der Waals surface area contributed by atoms with Gasteiger partial charge in [0, 0.05) is 18.7 Å². The van der Waals surface area contributed by atoms with Crippen molar-refractivity contribution in [1.82, 2.24) is 4.90 Å². The highest BCUT2D eigenvalue weighted by Gasteiger charge is 2.16. The molecule has 1 saturated carbocycles. The van der Waals surface area contributed by atoms with Gasteiger partial charge in [0.1, 0.15) is 5.82 Å². The Bertz CT molecular complexity index is 458. The average molecular weight is 260 g/mol. The van der Waals surface area contributed by atoms with Gasteiger partial charge in [-0.3, -0.25) is 0 Å². The lowest BCUT2D eigenvalue weighted by Crippen LogP contribution is -2.27. The van der Waals surface area contributed by atoms with Crippen LogP contribution in [0.2, 0.25) is 0 Å². The lowest BCUT2D eigenvalue weighted by Gasteiger charge is -2.27. The molecule has 0 heterocycles. The molecule has 102 valence electrons. The first-order chi connectivity index (χ1) is 9.19. The van der Waals surface area contributed by atoms with Crippen molar-refractivity contribution in [3.63, 3.8) is 0 Å². The van der Waals surface area contributed by atoms with E-state index in [2.05, 4.69) is 4.90 Å². The van der Waals surface area contributed by atoms with E-state index in [0.717, 1.165) is 12.5 Å². The lowest BCUT2D eigenvalue weighted by atomic mass is 9.89. The number of hydrogen-bond donors (Lipinski definition) is 0. The molecule has 2 nitrogen and oxygen atoms in total. The van der Waals surface area contributed by atoms with Crippen LogP contribution in [0.5, 0.6) is 0 Å². The first-order valence-corrected chi connectivity index (χ1v) is 7.06. The van der Waals surface area contributed by atoms with E-state index in [1.165, 1.54) is 38.2 Å². The second-order valence-corrected chi connectivity index (χ2v) is 5.62. The number of hydrogen-bond acceptors (Lipinski definition) is 2. The molecule has 0 saturated heterocycles. The van der Waals surface area contributed by atoms with E-state index in [0.29, 0.717) is 17.7 Å². The van der Waals surface area contributed by atoms with Gasteiger partial charge in [-0.2, -0.15) is 5.26 Å². The van der Waals surface area contributed by atoms with Crippen molar-refractivity contribution in [3.05, 3.63) is 35.1 Å². The summed E-state index contributed by atoms with van der Waals surface area (Å²) in [7, 11) is 2.05. The fourth-order valence-corrected chi connectivity index (χ4v) is 2.91. The first-order valence-electron chi connectivity index (χ1n) is 7.06. The third-order valence-electron chi connectivity index (χ3n) is 3.92. The summed E-state index contributed by atoms with van der Waals surface area (Å²) in [6.45, 7) is 1.66. The number of rotatable bonds is 4. The minimum atomic E-state index is -0.269. The molecule has 0 atom stereocenters. The maximum absolute atomic E-state index is 13.8. The van der Waals surface area contributed by atoms with Crippen LogP contribution in [0.4, 0.5) is 4.39 Å². The van der Waals surface area contributed by atoms with Gasteiger partial charge in [-0.25, -0.2) is 4.39 Å².